The zero-order valence-corrected chi connectivity index (χ0v) is 13.1. The lowest BCUT2D eigenvalue weighted by Gasteiger charge is -2.06. The smallest absolute Gasteiger partial charge is 0.318 e. The summed E-state index contributed by atoms with van der Waals surface area (Å²) in [4.78, 5) is 29.3. The van der Waals surface area contributed by atoms with Crippen LogP contribution in [0.1, 0.15) is 22.8 Å². The van der Waals surface area contributed by atoms with Crippen LogP contribution in [0.4, 0.5) is 0 Å². The zero-order valence-electron chi connectivity index (χ0n) is 12.3. The van der Waals surface area contributed by atoms with E-state index in [0.717, 1.165) is 4.90 Å². The van der Waals surface area contributed by atoms with Gasteiger partial charge in [0, 0.05) is 22.9 Å². The van der Waals surface area contributed by atoms with Gasteiger partial charge in [0.1, 0.15) is 0 Å². The molecular formula is C17H15NO3S. The number of rotatable bonds is 5. The van der Waals surface area contributed by atoms with Gasteiger partial charge in [0.25, 0.3) is 0 Å². The summed E-state index contributed by atoms with van der Waals surface area (Å²) in [7, 11) is 0. The van der Waals surface area contributed by atoms with Gasteiger partial charge < -0.3 is 4.84 Å². The van der Waals surface area contributed by atoms with E-state index in [4.69, 9.17) is 0 Å². The Hall–Kier alpha value is -2.40. The highest BCUT2D eigenvalue weighted by atomic mass is 32.2. The summed E-state index contributed by atoms with van der Waals surface area (Å²) in [5, 5.41) is 3.72. The molecule has 0 atom stereocenters. The fourth-order valence-corrected chi connectivity index (χ4v) is 2.22. The van der Waals surface area contributed by atoms with Crippen molar-refractivity contribution in [3.63, 3.8) is 0 Å². The van der Waals surface area contributed by atoms with Crippen LogP contribution in [0.25, 0.3) is 0 Å². The number of carbonyl (C=O) groups is 2. The highest BCUT2D eigenvalue weighted by molar-refractivity contribution is 7.98. The van der Waals surface area contributed by atoms with Crippen molar-refractivity contribution < 1.29 is 14.4 Å². The van der Waals surface area contributed by atoms with Gasteiger partial charge in [-0.15, -0.1) is 11.8 Å². The van der Waals surface area contributed by atoms with E-state index < -0.39 is 5.97 Å². The summed E-state index contributed by atoms with van der Waals surface area (Å²) in [5.41, 5.74) is 1.20. The molecule has 2 aromatic carbocycles. The molecular weight excluding hydrogens is 298 g/mol. The molecule has 2 aromatic rings. The van der Waals surface area contributed by atoms with Crippen LogP contribution in [-0.2, 0) is 9.63 Å². The Balaban J connectivity index is 2.37. The quantitative estimate of drug-likeness (QED) is 0.278. The number of carbonyl (C=O) groups excluding carboxylic acids is 2. The number of hydrogen-bond donors (Lipinski definition) is 0. The first kappa shape index (κ1) is 16.0. The van der Waals surface area contributed by atoms with Crippen LogP contribution in [0.15, 0.2) is 64.6 Å². The summed E-state index contributed by atoms with van der Waals surface area (Å²) in [6, 6.07) is 16.1. The SMILES string of the molecule is CSc1ccc(C(=O)C(=NOC(C)=O)c2ccccc2)cc1. The summed E-state index contributed by atoms with van der Waals surface area (Å²) in [6.07, 6.45) is 1.97. The molecule has 2 rings (SSSR count). The van der Waals surface area contributed by atoms with Gasteiger partial charge in [0.2, 0.25) is 5.78 Å². The van der Waals surface area contributed by atoms with E-state index in [0.29, 0.717) is 11.1 Å². The molecule has 0 aliphatic rings. The molecule has 0 fully saturated rings. The van der Waals surface area contributed by atoms with Crippen LogP contribution < -0.4 is 0 Å². The number of hydrogen-bond acceptors (Lipinski definition) is 5. The van der Waals surface area contributed by atoms with E-state index in [1.54, 1.807) is 48.2 Å². The van der Waals surface area contributed by atoms with Gasteiger partial charge in [-0.2, -0.15) is 0 Å². The van der Waals surface area contributed by atoms with Crippen LogP contribution in [0.3, 0.4) is 0 Å². The molecule has 0 saturated heterocycles. The molecule has 0 heterocycles. The number of benzene rings is 2. The zero-order chi connectivity index (χ0) is 15.9. The largest absolute Gasteiger partial charge is 0.332 e. The molecule has 22 heavy (non-hydrogen) atoms. The van der Waals surface area contributed by atoms with Crippen LogP contribution in [0.5, 0.6) is 0 Å². The molecule has 5 heteroatoms. The standard InChI is InChI=1S/C17H15NO3S/c1-12(19)21-18-16(13-6-4-3-5-7-13)17(20)14-8-10-15(22-2)11-9-14/h3-11H,1-2H3. The molecule has 0 N–H and O–H groups in total. The molecule has 0 amide bonds. The van der Waals surface area contributed by atoms with Crippen molar-refractivity contribution >= 4 is 29.2 Å². The number of thioether (sulfide) groups is 1. The van der Waals surface area contributed by atoms with Crippen molar-refractivity contribution in [1.82, 2.24) is 0 Å². The van der Waals surface area contributed by atoms with Crippen LogP contribution >= 0.6 is 11.8 Å². The fourth-order valence-electron chi connectivity index (χ4n) is 1.81. The third-order valence-electron chi connectivity index (χ3n) is 2.88. The van der Waals surface area contributed by atoms with E-state index in [9.17, 15) is 9.59 Å². The second-order valence-electron chi connectivity index (χ2n) is 4.45. The molecule has 0 saturated carbocycles. The summed E-state index contributed by atoms with van der Waals surface area (Å²) >= 11 is 1.60. The lowest BCUT2D eigenvalue weighted by molar-refractivity contribution is -0.140. The molecule has 0 aliphatic carbocycles. The third kappa shape index (κ3) is 4.05. The Labute approximate surface area is 133 Å². The highest BCUT2D eigenvalue weighted by Gasteiger charge is 2.17. The molecule has 4 nitrogen and oxygen atoms in total. The highest BCUT2D eigenvalue weighted by Crippen LogP contribution is 2.16. The Morgan fingerprint density at radius 2 is 1.59 bits per heavy atom. The number of nitrogens with zero attached hydrogens (tertiary/aromatic N) is 1. The lowest BCUT2D eigenvalue weighted by Crippen LogP contribution is -2.17. The second-order valence-corrected chi connectivity index (χ2v) is 5.33. The Bertz CT molecular complexity index is 694. The summed E-state index contributed by atoms with van der Waals surface area (Å²) in [6.45, 7) is 1.24. The minimum Gasteiger partial charge on any atom is -0.318 e. The second kappa shape index (κ2) is 7.56. The van der Waals surface area contributed by atoms with Gasteiger partial charge in [-0.25, -0.2) is 4.79 Å². The normalized spacial score (nSPS) is 11.1. The van der Waals surface area contributed by atoms with E-state index in [-0.39, 0.29) is 11.5 Å². The molecule has 0 aromatic heterocycles. The maximum absolute atomic E-state index is 12.6. The van der Waals surface area contributed by atoms with Gasteiger partial charge >= 0.3 is 5.97 Å². The maximum atomic E-state index is 12.6. The topological polar surface area (TPSA) is 55.7 Å². The molecule has 0 radical (unpaired) electrons. The van der Waals surface area contributed by atoms with E-state index in [1.165, 1.54) is 6.92 Å². The van der Waals surface area contributed by atoms with E-state index >= 15 is 0 Å². The van der Waals surface area contributed by atoms with Crippen molar-refractivity contribution in [2.45, 2.75) is 11.8 Å². The van der Waals surface area contributed by atoms with Crippen molar-refractivity contribution in [3.8, 4) is 0 Å². The molecule has 0 bridgehead atoms. The third-order valence-corrected chi connectivity index (χ3v) is 3.62. The number of ketones is 1. The van der Waals surface area contributed by atoms with Crippen molar-refractivity contribution in [3.05, 3.63) is 65.7 Å². The monoisotopic (exact) mass is 313 g/mol. The minimum atomic E-state index is -0.570. The maximum Gasteiger partial charge on any atom is 0.332 e. The average Bonchev–Trinajstić information content (AvgIpc) is 2.55. The predicted octanol–water partition coefficient (Wildman–Crippen LogP) is 3.56. The summed E-state index contributed by atoms with van der Waals surface area (Å²) < 4.78 is 0. The minimum absolute atomic E-state index is 0.104. The van der Waals surface area contributed by atoms with Gasteiger partial charge in [0.15, 0.2) is 5.71 Å². The first-order valence-corrected chi connectivity index (χ1v) is 7.84. The van der Waals surface area contributed by atoms with Gasteiger partial charge in [0.05, 0.1) is 0 Å². The van der Waals surface area contributed by atoms with Gasteiger partial charge in [-0.05, 0) is 30.5 Å². The number of Topliss-reactive ketones (excluding diaryl/α,β-unsaturated/α-hetero) is 1. The molecule has 0 aliphatic heterocycles. The first-order chi connectivity index (χ1) is 10.6. The van der Waals surface area contributed by atoms with Crippen molar-refractivity contribution in [1.29, 1.82) is 0 Å². The Morgan fingerprint density at radius 1 is 0.955 bits per heavy atom. The molecule has 0 spiro atoms. The Kier molecular flexibility index (Phi) is 5.49. The van der Waals surface area contributed by atoms with Gasteiger partial charge in [-0.3, -0.25) is 4.79 Å². The predicted molar refractivity (Wildman–Crippen MR) is 87.3 cm³/mol. The van der Waals surface area contributed by atoms with E-state index in [2.05, 4.69) is 9.99 Å². The lowest BCUT2D eigenvalue weighted by atomic mass is 10.0. The number of oxime groups is 1. The van der Waals surface area contributed by atoms with Gasteiger partial charge in [-0.1, -0.05) is 35.5 Å². The fraction of sp³-hybridized carbons (Fsp3) is 0.118. The Morgan fingerprint density at radius 3 is 2.14 bits per heavy atom. The first-order valence-electron chi connectivity index (χ1n) is 6.61. The van der Waals surface area contributed by atoms with Crippen LogP contribution in [0.2, 0.25) is 0 Å². The van der Waals surface area contributed by atoms with Crippen molar-refractivity contribution in [2.75, 3.05) is 6.26 Å². The molecule has 112 valence electrons. The summed E-state index contributed by atoms with van der Waals surface area (Å²) in [5.74, 6) is -0.862. The average molecular weight is 313 g/mol. The van der Waals surface area contributed by atoms with E-state index in [1.807, 2.05) is 24.5 Å². The van der Waals surface area contributed by atoms with Crippen molar-refractivity contribution in [2.24, 2.45) is 5.16 Å². The molecule has 0 unspecified atom stereocenters. The van der Waals surface area contributed by atoms with Crippen LogP contribution in [0, 0.1) is 0 Å². The van der Waals surface area contributed by atoms with Crippen LogP contribution in [-0.4, -0.2) is 23.7 Å².